The van der Waals surface area contributed by atoms with Crippen molar-refractivity contribution in [1.29, 1.82) is 0 Å². The fourth-order valence-corrected chi connectivity index (χ4v) is 15.7. The summed E-state index contributed by atoms with van der Waals surface area (Å²) in [5.41, 5.74) is 16.4. The normalized spacial score (nSPS) is 11.7. The van der Waals surface area contributed by atoms with E-state index in [2.05, 4.69) is 334 Å². The molecule has 0 fully saturated rings. The van der Waals surface area contributed by atoms with Crippen LogP contribution in [0.3, 0.4) is 0 Å². The summed E-state index contributed by atoms with van der Waals surface area (Å²) in [7, 11) is 1.69. The number of carbonyl (C=O) groups excluding carboxylic acids is 1. The summed E-state index contributed by atoms with van der Waals surface area (Å²) in [5.74, 6) is 1.97. The molecule has 18 aromatic rings. The second-order valence-electron chi connectivity index (χ2n) is 27.0. The number of rotatable bonds is 18. The smallest absolute Gasteiger partial charge is 0.193 e. The van der Waals surface area contributed by atoms with Crippen LogP contribution in [0.1, 0.15) is 21.5 Å². The van der Waals surface area contributed by atoms with Crippen molar-refractivity contribution in [2.24, 2.45) is 0 Å². The molecular formula is C99H70BrN4O3+. The Hall–Kier alpha value is -13.4. The number of nitrogens with one attached hydrogen (secondary N) is 1. The van der Waals surface area contributed by atoms with E-state index in [4.69, 9.17) is 9.47 Å². The van der Waals surface area contributed by atoms with Gasteiger partial charge in [0.1, 0.15) is 34.3 Å². The van der Waals surface area contributed by atoms with Crippen molar-refractivity contribution in [1.82, 2.24) is 0 Å². The minimum absolute atomic E-state index is 0.0764. The van der Waals surface area contributed by atoms with Crippen molar-refractivity contribution in [3.05, 3.63) is 403 Å². The van der Waals surface area contributed by atoms with Gasteiger partial charge in [-0.2, -0.15) is 0 Å². The number of benzene rings is 18. The van der Waals surface area contributed by atoms with Crippen LogP contribution in [0.2, 0.25) is 0 Å². The second-order valence-corrected chi connectivity index (χ2v) is 28.0. The van der Waals surface area contributed by atoms with E-state index in [0.717, 1.165) is 138 Å². The van der Waals surface area contributed by atoms with E-state index in [1.54, 1.807) is 7.11 Å². The SMILES string of the molecule is COc1ccc(N(c2ccccc2)c2ccc(N(c3ccccc3)c3ccc(Oc4ccc(C(=O)c5ccc(C)cc5)c(-c5ccc6c(c5)cc([NH+](c5ccc(N(c7ccc(Br)cc7)c7cc8ccccc8c8ccccc78)cc5)c5cc7ccccc7c7ccccc57)c5ccccc56)c4)cc3)cc2)cc1. The molecule has 0 saturated heterocycles. The number of fused-ring (bicyclic) bond motifs is 9. The van der Waals surface area contributed by atoms with Gasteiger partial charge in [0.2, 0.25) is 0 Å². The van der Waals surface area contributed by atoms with Crippen LogP contribution < -0.4 is 29.1 Å². The number of halogens is 1. The number of ether oxygens (including phenoxy) is 2. The first-order valence-electron chi connectivity index (χ1n) is 36.0. The summed E-state index contributed by atoms with van der Waals surface area (Å²) in [6.07, 6.45) is 0. The predicted molar refractivity (Wildman–Crippen MR) is 449 cm³/mol. The van der Waals surface area contributed by atoms with Gasteiger partial charge >= 0.3 is 0 Å². The monoisotopic (exact) mass is 1440 g/mol. The van der Waals surface area contributed by atoms with E-state index in [1.165, 1.54) is 26.9 Å². The highest BCUT2D eigenvalue weighted by molar-refractivity contribution is 9.10. The molecule has 0 saturated carbocycles. The van der Waals surface area contributed by atoms with Gasteiger partial charge in [-0.15, -0.1) is 0 Å². The summed E-state index contributed by atoms with van der Waals surface area (Å²) < 4.78 is 13.4. The Balaban J connectivity index is 0.747. The molecule has 0 amide bonds. The Morgan fingerprint density at radius 1 is 0.318 bits per heavy atom. The predicted octanol–water partition coefficient (Wildman–Crippen LogP) is 27.0. The van der Waals surface area contributed by atoms with Gasteiger partial charge in [-0.3, -0.25) is 4.79 Å². The van der Waals surface area contributed by atoms with Gasteiger partial charge in [-0.05, 0) is 242 Å². The molecule has 0 aromatic heterocycles. The average Bonchev–Trinajstić information content (AvgIpc) is 0.733. The molecule has 8 heteroatoms. The van der Waals surface area contributed by atoms with Gasteiger partial charge in [-0.25, -0.2) is 4.90 Å². The molecule has 0 heterocycles. The number of ketones is 1. The van der Waals surface area contributed by atoms with E-state index in [0.29, 0.717) is 22.6 Å². The number of aryl methyl sites for hydroxylation is 1. The van der Waals surface area contributed by atoms with Crippen LogP contribution in [-0.2, 0) is 0 Å². The zero-order valence-corrected chi connectivity index (χ0v) is 60.4. The van der Waals surface area contributed by atoms with Crippen molar-refractivity contribution in [3.8, 4) is 28.4 Å². The molecule has 7 nitrogen and oxygen atoms in total. The minimum atomic E-state index is -0.0764. The van der Waals surface area contributed by atoms with Crippen LogP contribution in [-0.4, -0.2) is 12.9 Å². The van der Waals surface area contributed by atoms with E-state index in [-0.39, 0.29) is 5.78 Å². The molecule has 510 valence electrons. The van der Waals surface area contributed by atoms with Crippen LogP contribution >= 0.6 is 15.9 Å². The highest BCUT2D eigenvalue weighted by Crippen LogP contribution is 2.46. The number of methoxy groups -OCH3 is 1. The summed E-state index contributed by atoms with van der Waals surface area (Å²) in [6.45, 7) is 2.04. The number of para-hydroxylation sites is 2. The van der Waals surface area contributed by atoms with Crippen molar-refractivity contribution in [2.75, 3.05) is 21.8 Å². The lowest BCUT2D eigenvalue weighted by atomic mass is 9.91. The van der Waals surface area contributed by atoms with Gasteiger partial charge < -0.3 is 24.2 Å². The first-order chi connectivity index (χ1) is 52.7. The lowest BCUT2D eigenvalue weighted by Crippen LogP contribution is -2.96. The molecule has 0 bridgehead atoms. The van der Waals surface area contributed by atoms with Crippen molar-refractivity contribution < 1.29 is 19.2 Å². The maximum atomic E-state index is 15.1. The lowest BCUT2D eigenvalue weighted by molar-refractivity contribution is -0.678. The Bertz CT molecular complexity index is 6360. The van der Waals surface area contributed by atoms with Crippen molar-refractivity contribution in [2.45, 2.75) is 6.92 Å². The summed E-state index contributed by atoms with van der Waals surface area (Å²) in [6, 6.07) is 135. The largest absolute Gasteiger partial charge is 0.497 e. The third kappa shape index (κ3) is 12.6. The van der Waals surface area contributed by atoms with Gasteiger partial charge in [0.05, 0.1) is 12.8 Å². The minimum Gasteiger partial charge on any atom is -0.497 e. The van der Waals surface area contributed by atoms with Gasteiger partial charge in [-0.1, -0.05) is 203 Å². The second kappa shape index (κ2) is 28.3. The highest BCUT2D eigenvalue weighted by Gasteiger charge is 2.29. The molecule has 0 aliphatic rings. The maximum Gasteiger partial charge on any atom is 0.193 e. The van der Waals surface area contributed by atoms with E-state index < -0.39 is 0 Å². The summed E-state index contributed by atoms with van der Waals surface area (Å²) in [4.78, 5) is 23.1. The lowest BCUT2D eigenvalue weighted by Gasteiger charge is -2.28. The van der Waals surface area contributed by atoms with Crippen LogP contribution in [0.5, 0.6) is 17.2 Å². The number of anilines is 9. The standard InChI is InChI=1S/C99H69BrN4O3/c1-66-33-35-67(36-34-66)99(105)94-60-58-84(107-83-56-52-78(53-57-83)102(74-23-7-4-8-24-74)76-44-42-75(43-45-76)101(73-21-5-3-6-22-73)77-50-54-82(106-2)55-51-77)65-95(94)70-37-59-87-71(61-70)64-98(93-32-18-15-29-90(87)93)104(97-63-69-20-10-12-26-86(69)89-28-14-17-31-92(89)97)81-48-46-80(47-49-81)103(79-40-38-72(100)39-41-79)96-62-68-19-9-11-25-85(68)88-27-13-16-30-91(88)96/h3-65H,1-2H3/p+1. The van der Waals surface area contributed by atoms with E-state index in [1.807, 2.05) is 85.8 Å². The molecule has 107 heavy (non-hydrogen) atoms. The zero-order valence-electron chi connectivity index (χ0n) is 58.8. The maximum absolute atomic E-state index is 15.1. The molecule has 18 rings (SSSR count). The third-order valence-electron chi connectivity index (χ3n) is 20.6. The first-order valence-corrected chi connectivity index (χ1v) is 36.8. The molecule has 0 spiro atoms. The number of hydrogen-bond acceptors (Lipinski definition) is 6. The average molecular weight is 1440 g/mol. The van der Waals surface area contributed by atoms with Crippen LogP contribution in [0.25, 0.3) is 75.8 Å². The van der Waals surface area contributed by atoms with Crippen LogP contribution in [0.4, 0.5) is 68.2 Å². The fraction of sp³-hybridized carbons (Fsp3) is 0.0202. The number of nitrogens with zero attached hydrogens (tertiary/aromatic N) is 3. The fourth-order valence-electron chi connectivity index (χ4n) is 15.4. The molecule has 18 aromatic carbocycles. The Kier molecular flexibility index (Phi) is 17.4. The van der Waals surface area contributed by atoms with Crippen molar-refractivity contribution in [3.63, 3.8) is 0 Å². The Morgan fingerprint density at radius 3 is 1.26 bits per heavy atom. The summed E-state index contributed by atoms with van der Waals surface area (Å²) >= 11 is 3.75. The Morgan fingerprint density at radius 2 is 0.720 bits per heavy atom. The van der Waals surface area contributed by atoms with Crippen LogP contribution in [0, 0.1) is 6.92 Å². The molecular weight excluding hydrogens is 1370 g/mol. The zero-order chi connectivity index (χ0) is 71.9. The summed E-state index contributed by atoms with van der Waals surface area (Å²) in [5, 5.41) is 13.8. The molecule has 1 unspecified atom stereocenters. The molecule has 1 atom stereocenters. The van der Waals surface area contributed by atoms with E-state index >= 15 is 4.79 Å². The topological polar surface area (TPSA) is 49.7 Å². The molecule has 0 aliphatic carbocycles. The van der Waals surface area contributed by atoms with Crippen molar-refractivity contribution >= 4 is 155 Å². The Labute approximate surface area is 630 Å². The molecule has 0 aliphatic heterocycles. The third-order valence-corrected chi connectivity index (χ3v) is 21.1. The highest BCUT2D eigenvalue weighted by atomic mass is 79.9. The van der Waals surface area contributed by atoms with E-state index in [9.17, 15) is 0 Å². The number of carbonyl (C=O) groups is 1. The number of hydrogen-bond donors (Lipinski definition) is 1. The van der Waals surface area contributed by atoms with Gasteiger partial charge in [0.25, 0.3) is 0 Å². The molecule has 1 N–H and O–H groups in total. The molecule has 0 radical (unpaired) electrons. The first kappa shape index (κ1) is 65.6. The van der Waals surface area contributed by atoms with Crippen LogP contribution in [0.15, 0.2) is 387 Å². The van der Waals surface area contributed by atoms with Gasteiger partial charge in [0, 0.05) is 102 Å². The quantitative estimate of drug-likeness (QED) is 0.0682. The number of quaternary nitrogens is 1. The van der Waals surface area contributed by atoms with Gasteiger partial charge in [0.15, 0.2) is 5.78 Å².